The summed E-state index contributed by atoms with van der Waals surface area (Å²) in [5.41, 5.74) is 0.469. The third kappa shape index (κ3) is 1.64. The topological polar surface area (TPSA) is 9.23 Å². The quantitative estimate of drug-likeness (QED) is 0.577. The van der Waals surface area contributed by atoms with Crippen LogP contribution in [-0.4, -0.2) is 19.6 Å². The van der Waals surface area contributed by atoms with Gasteiger partial charge in [0.25, 0.3) is 0 Å². The lowest BCUT2D eigenvalue weighted by atomic mass is 9.68. The highest BCUT2D eigenvalue weighted by Crippen LogP contribution is 2.44. The summed E-state index contributed by atoms with van der Waals surface area (Å²) in [6.07, 6.45) is 5.11. The predicted octanol–water partition coefficient (Wildman–Crippen LogP) is 2.43. The molecule has 0 unspecified atom stereocenters. The molecule has 0 aromatic rings. The molecule has 0 radical (unpaired) electrons. The molecule has 1 rings (SSSR count). The van der Waals surface area contributed by atoms with Crippen LogP contribution in [0.2, 0.25) is 0 Å². The van der Waals surface area contributed by atoms with Gasteiger partial charge >= 0.3 is 0 Å². The van der Waals surface area contributed by atoms with Crippen LogP contribution in [0.5, 0.6) is 0 Å². The van der Waals surface area contributed by atoms with E-state index in [2.05, 4.69) is 0 Å². The maximum absolute atomic E-state index is 5.68. The van der Waals surface area contributed by atoms with Crippen molar-refractivity contribution in [3.8, 4) is 0 Å². The van der Waals surface area contributed by atoms with Gasteiger partial charge in [-0.25, -0.2) is 0 Å². The Morgan fingerprint density at radius 3 is 2.50 bits per heavy atom. The molecule has 1 fully saturated rings. The first-order valence-electron chi connectivity index (χ1n) is 3.88. The van der Waals surface area contributed by atoms with Crippen LogP contribution in [0.15, 0.2) is 0 Å². The minimum absolute atomic E-state index is 0.469. The van der Waals surface area contributed by atoms with E-state index in [4.69, 9.17) is 16.3 Å². The highest BCUT2D eigenvalue weighted by molar-refractivity contribution is 6.17. The third-order valence-corrected chi connectivity index (χ3v) is 2.68. The Balaban J connectivity index is 2.27. The fourth-order valence-electron chi connectivity index (χ4n) is 1.65. The zero-order chi connectivity index (χ0) is 7.45. The van der Waals surface area contributed by atoms with Crippen LogP contribution in [0, 0.1) is 5.41 Å². The molecule has 60 valence electrons. The van der Waals surface area contributed by atoms with Crippen LogP contribution < -0.4 is 0 Å². The molecule has 10 heavy (non-hydrogen) atoms. The zero-order valence-electron chi connectivity index (χ0n) is 6.53. The van der Waals surface area contributed by atoms with Crippen molar-refractivity contribution in [2.24, 2.45) is 5.41 Å². The summed E-state index contributed by atoms with van der Waals surface area (Å²) in [7, 11) is 1.77. The van der Waals surface area contributed by atoms with Gasteiger partial charge < -0.3 is 4.74 Å². The summed E-state index contributed by atoms with van der Waals surface area (Å²) in [4.78, 5) is 0. The van der Waals surface area contributed by atoms with E-state index in [1.165, 1.54) is 19.3 Å². The van der Waals surface area contributed by atoms with Gasteiger partial charge in [0.1, 0.15) is 0 Å². The molecule has 1 aliphatic carbocycles. The lowest BCUT2D eigenvalue weighted by Crippen LogP contribution is -2.34. The Kier molecular flexibility index (Phi) is 2.99. The second-order valence-electron chi connectivity index (χ2n) is 3.23. The Morgan fingerprint density at radius 1 is 1.50 bits per heavy atom. The van der Waals surface area contributed by atoms with Crippen molar-refractivity contribution in [1.29, 1.82) is 0 Å². The molecule has 0 N–H and O–H groups in total. The largest absolute Gasteiger partial charge is 0.384 e. The summed E-state index contributed by atoms with van der Waals surface area (Å²) in [5, 5.41) is 0. The van der Waals surface area contributed by atoms with Crippen molar-refractivity contribution in [3.63, 3.8) is 0 Å². The third-order valence-electron chi connectivity index (χ3n) is 2.49. The molecule has 0 amide bonds. The van der Waals surface area contributed by atoms with Gasteiger partial charge in [0.05, 0.1) is 6.61 Å². The number of hydrogen-bond donors (Lipinski definition) is 0. The molecule has 0 bridgehead atoms. The van der Waals surface area contributed by atoms with E-state index in [-0.39, 0.29) is 0 Å². The van der Waals surface area contributed by atoms with Crippen molar-refractivity contribution in [2.75, 3.05) is 19.6 Å². The zero-order valence-corrected chi connectivity index (χ0v) is 7.28. The first-order chi connectivity index (χ1) is 4.83. The SMILES string of the molecule is COCC1(CCCl)CCC1. The van der Waals surface area contributed by atoms with Gasteiger partial charge in [0.2, 0.25) is 0 Å². The van der Waals surface area contributed by atoms with E-state index in [1.807, 2.05) is 0 Å². The average Bonchev–Trinajstić information content (AvgIpc) is 1.84. The van der Waals surface area contributed by atoms with E-state index < -0.39 is 0 Å². The van der Waals surface area contributed by atoms with Crippen LogP contribution in [0.25, 0.3) is 0 Å². The first kappa shape index (κ1) is 8.35. The maximum Gasteiger partial charge on any atom is 0.0519 e. The molecule has 0 heterocycles. The van der Waals surface area contributed by atoms with Gasteiger partial charge in [-0.1, -0.05) is 6.42 Å². The number of hydrogen-bond acceptors (Lipinski definition) is 1. The molecule has 0 aromatic heterocycles. The number of halogens is 1. The monoisotopic (exact) mass is 162 g/mol. The summed E-state index contributed by atoms with van der Waals surface area (Å²) in [6, 6.07) is 0. The Hall–Kier alpha value is 0.250. The fraction of sp³-hybridized carbons (Fsp3) is 1.00. The van der Waals surface area contributed by atoms with Crippen molar-refractivity contribution >= 4 is 11.6 Å². The van der Waals surface area contributed by atoms with Gasteiger partial charge in [-0.3, -0.25) is 0 Å². The average molecular weight is 163 g/mol. The number of ether oxygens (including phenoxy) is 1. The van der Waals surface area contributed by atoms with Gasteiger partial charge in [-0.2, -0.15) is 0 Å². The molecular weight excluding hydrogens is 148 g/mol. The lowest BCUT2D eigenvalue weighted by molar-refractivity contribution is 0.0151. The standard InChI is InChI=1S/C8H15ClO/c1-10-7-8(5-6-9)3-2-4-8/h2-7H2,1H3. The Bertz CT molecular complexity index is 91.4. The van der Waals surface area contributed by atoms with E-state index in [9.17, 15) is 0 Å². The molecule has 0 saturated heterocycles. The molecule has 1 aliphatic rings. The lowest BCUT2D eigenvalue weighted by Gasteiger charge is -2.40. The highest BCUT2D eigenvalue weighted by atomic mass is 35.5. The van der Waals surface area contributed by atoms with Gasteiger partial charge in [0, 0.05) is 13.0 Å². The molecule has 1 nitrogen and oxygen atoms in total. The van der Waals surface area contributed by atoms with Crippen LogP contribution in [0.3, 0.4) is 0 Å². The normalized spacial score (nSPS) is 22.2. The second kappa shape index (κ2) is 3.59. The number of rotatable bonds is 4. The molecule has 2 heteroatoms. The molecule has 0 atom stereocenters. The first-order valence-corrected chi connectivity index (χ1v) is 4.41. The van der Waals surface area contributed by atoms with Crippen LogP contribution in [0.4, 0.5) is 0 Å². The highest BCUT2D eigenvalue weighted by Gasteiger charge is 2.35. The van der Waals surface area contributed by atoms with Crippen LogP contribution >= 0.6 is 11.6 Å². The Morgan fingerprint density at radius 2 is 2.20 bits per heavy atom. The minimum Gasteiger partial charge on any atom is -0.384 e. The molecule has 0 aromatic carbocycles. The molecule has 1 saturated carbocycles. The van der Waals surface area contributed by atoms with E-state index >= 15 is 0 Å². The number of methoxy groups -OCH3 is 1. The van der Waals surface area contributed by atoms with Crippen molar-refractivity contribution in [1.82, 2.24) is 0 Å². The van der Waals surface area contributed by atoms with E-state index in [1.54, 1.807) is 7.11 Å². The molecule has 0 aliphatic heterocycles. The van der Waals surface area contributed by atoms with Crippen molar-refractivity contribution in [3.05, 3.63) is 0 Å². The van der Waals surface area contributed by atoms with Gasteiger partial charge in [-0.15, -0.1) is 11.6 Å². The molecular formula is C8H15ClO. The summed E-state index contributed by atoms with van der Waals surface area (Å²) < 4.78 is 5.14. The summed E-state index contributed by atoms with van der Waals surface area (Å²) in [6.45, 7) is 0.902. The van der Waals surface area contributed by atoms with Crippen LogP contribution in [0.1, 0.15) is 25.7 Å². The van der Waals surface area contributed by atoms with Crippen LogP contribution in [-0.2, 0) is 4.74 Å². The fourth-order valence-corrected chi connectivity index (χ4v) is 2.05. The summed E-state index contributed by atoms with van der Waals surface area (Å²) >= 11 is 5.68. The van der Waals surface area contributed by atoms with Gasteiger partial charge in [0.15, 0.2) is 0 Å². The maximum atomic E-state index is 5.68. The second-order valence-corrected chi connectivity index (χ2v) is 3.60. The van der Waals surface area contributed by atoms with E-state index in [0.717, 1.165) is 18.9 Å². The van der Waals surface area contributed by atoms with Crippen molar-refractivity contribution in [2.45, 2.75) is 25.7 Å². The minimum atomic E-state index is 0.469. The van der Waals surface area contributed by atoms with Gasteiger partial charge in [-0.05, 0) is 24.7 Å². The predicted molar refractivity (Wildman–Crippen MR) is 43.5 cm³/mol. The van der Waals surface area contributed by atoms with E-state index in [0.29, 0.717) is 5.41 Å². The van der Waals surface area contributed by atoms with Crippen molar-refractivity contribution < 1.29 is 4.74 Å². The summed E-state index contributed by atoms with van der Waals surface area (Å²) in [5.74, 6) is 0.781. The Labute approximate surface area is 67.7 Å². The number of alkyl halides is 1. The molecule has 0 spiro atoms. The smallest absolute Gasteiger partial charge is 0.0519 e.